The predicted octanol–water partition coefficient (Wildman–Crippen LogP) is 4.85. The van der Waals surface area contributed by atoms with E-state index in [1.807, 2.05) is 60.7 Å². The highest BCUT2D eigenvalue weighted by Gasteiger charge is 2.17. The molecule has 9 nitrogen and oxygen atoms in total. The van der Waals surface area contributed by atoms with Crippen LogP contribution in [-0.2, 0) is 4.79 Å². The molecule has 34 heavy (non-hydrogen) atoms. The van der Waals surface area contributed by atoms with Crippen LogP contribution in [0.1, 0.15) is 0 Å². The summed E-state index contributed by atoms with van der Waals surface area (Å²) in [7, 11) is 1.33. The average Bonchev–Trinajstić information content (AvgIpc) is 2.88. The second-order valence-electron chi connectivity index (χ2n) is 7.00. The minimum atomic E-state index is -0.548. The highest BCUT2D eigenvalue weighted by Crippen LogP contribution is 2.31. The lowest BCUT2D eigenvalue weighted by atomic mass is 10.0. The Morgan fingerprint density at radius 3 is 2.24 bits per heavy atom. The van der Waals surface area contributed by atoms with Crippen molar-refractivity contribution in [3.05, 3.63) is 89.0 Å². The van der Waals surface area contributed by atoms with Gasteiger partial charge in [-0.25, -0.2) is 4.98 Å². The average molecular weight is 474 g/mol. The zero-order valence-electron chi connectivity index (χ0n) is 18.0. The molecule has 0 radical (unpaired) electrons. The summed E-state index contributed by atoms with van der Waals surface area (Å²) >= 11 is 1.14. The summed E-state index contributed by atoms with van der Waals surface area (Å²) in [5.41, 5.74) is 3.31. The van der Waals surface area contributed by atoms with Crippen molar-refractivity contribution >= 4 is 29.0 Å². The number of benzene rings is 3. The first-order valence-electron chi connectivity index (χ1n) is 10.2. The summed E-state index contributed by atoms with van der Waals surface area (Å²) in [6.45, 7) is 0. The molecule has 1 heterocycles. The van der Waals surface area contributed by atoms with E-state index in [0.29, 0.717) is 22.2 Å². The van der Waals surface area contributed by atoms with E-state index < -0.39 is 4.92 Å². The van der Waals surface area contributed by atoms with E-state index in [1.165, 1.54) is 25.3 Å². The Morgan fingerprint density at radius 2 is 1.62 bits per heavy atom. The van der Waals surface area contributed by atoms with Gasteiger partial charge < -0.3 is 10.1 Å². The van der Waals surface area contributed by atoms with Crippen LogP contribution in [0.15, 0.2) is 84.0 Å². The summed E-state index contributed by atoms with van der Waals surface area (Å²) in [5, 5.41) is 22.7. The van der Waals surface area contributed by atoms with Gasteiger partial charge in [0.1, 0.15) is 11.4 Å². The van der Waals surface area contributed by atoms with Crippen LogP contribution in [0, 0.1) is 10.1 Å². The molecule has 1 amide bonds. The normalized spacial score (nSPS) is 10.5. The second-order valence-corrected chi connectivity index (χ2v) is 7.95. The molecular weight excluding hydrogens is 454 g/mol. The van der Waals surface area contributed by atoms with Crippen molar-refractivity contribution in [2.45, 2.75) is 5.16 Å². The fourth-order valence-corrected chi connectivity index (χ4v) is 3.78. The number of hydrogen-bond acceptors (Lipinski definition) is 8. The zero-order chi connectivity index (χ0) is 23.9. The Morgan fingerprint density at radius 1 is 0.971 bits per heavy atom. The Labute approximate surface area is 199 Å². The first-order valence-corrected chi connectivity index (χ1v) is 11.1. The molecular formula is C24H19N5O4S. The Balaban J connectivity index is 1.51. The molecule has 4 rings (SSSR count). The molecule has 0 saturated heterocycles. The van der Waals surface area contributed by atoms with Gasteiger partial charge >= 0.3 is 5.69 Å². The van der Waals surface area contributed by atoms with E-state index in [4.69, 9.17) is 4.74 Å². The third-order valence-corrected chi connectivity index (χ3v) is 5.59. The molecule has 0 spiro atoms. The maximum Gasteiger partial charge on any atom is 0.311 e. The number of carbonyl (C=O) groups excluding carboxylic acids is 1. The molecule has 0 bridgehead atoms. The second kappa shape index (κ2) is 10.5. The van der Waals surface area contributed by atoms with Crippen molar-refractivity contribution in [1.82, 2.24) is 15.2 Å². The van der Waals surface area contributed by atoms with E-state index in [-0.39, 0.29) is 23.1 Å². The van der Waals surface area contributed by atoms with Gasteiger partial charge in [-0.05, 0) is 6.07 Å². The largest absolute Gasteiger partial charge is 0.490 e. The molecule has 1 N–H and O–H groups in total. The first-order chi connectivity index (χ1) is 16.5. The molecule has 0 unspecified atom stereocenters. The van der Waals surface area contributed by atoms with Crippen LogP contribution in [-0.4, -0.2) is 38.9 Å². The molecule has 0 aliphatic heterocycles. The third-order valence-electron chi connectivity index (χ3n) is 4.75. The molecule has 0 atom stereocenters. The standard InChI is InChI=1S/C24H19N5O4S/c1-33-20-14-18(12-13-19(20)29(31)32)25-21(30)15-34-24-26-22(16-8-4-2-5-9-16)23(27-28-24)17-10-6-3-7-11-17/h2-14H,15H2,1H3,(H,25,30). The van der Waals surface area contributed by atoms with E-state index >= 15 is 0 Å². The van der Waals surface area contributed by atoms with E-state index in [9.17, 15) is 14.9 Å². The molecule has 3 aromatic carbocycles. The van der Waals surface area contributed by atoms with E-state index in [1.54, 1.807) is 0 Å². The number of thioether (sulfide) groups is 1. The van der Waals surface area contributed by atoms with Gasteiger partial charge in [0, 0.05) is 28.9 Å². The summed E-state index contributed by atoms with van der Waals surface area (Å²) in [4.78, 5) is 27.6. The molecule has 0 aliphatic rings. The van der Waals surface area contributed by atoms with Crippen molar-refractivity contribution < 1.29 is 14.5 Å². The Hall–Kier alpha value is -4.31. The van der Waals surface area contributed by atoms with Gasteiger partial charge in [0.15, 0.2) is 5.75 Å². The van der Waals surface area contributed by atoms with Crippen molar-refractivity contribution in [3.8, 4) is 28.3 Å². The number of anilines is 1. The molecule has 4 aromatic rings. The van der Waals surface area contributed by atoms with Crippen LogP contribution in [0.3, 0.4) is 0 Å². The highest BCUT2D eigenvalue weighted by molar-refractivity contribution is 7.99. The number of rotatable bonds is 8. The molecule has 10 heteroatoms. The van der Waals surface area contributed by atoms with Crippen LogP contribution in [0.25, 0.3) is 22.5 Å². The van der Waals surface area contributed by atoms with Gasteiger partial charge in [0.25, 0.3) is 0 Å². The van der Waals surface area contributed by atoms with Gasteiger partial charge in [-0.2, -0.15) is 0 Å². The van der Waals surface area contributed by atoms with E-state index in [0.717, 1.165) is 22.9 Å². The number of hydrogen-bond donors (Lipinski definition) is 1. The van der Waals surface area contributed by atoms with Crippen LogP contribution in [0.4, 0.5) is 11.4 Å². The SMILES string of the molecule is COc1cc(NC(=O)CSc2nnc(-c3ccccc3)c(-c3ccccc3)n2)ccc1[N+](=O)[O-]. The fraction of sp³-hybridized carbons (Fsp3) is 0.0833. The van der Waals surface area contributed by atoms with Gasteiger partial charge in [-0.15, -0.1) is 10.2 Å². The maximum atomic E-state index is 12.5. The molecule has 1 aromatic heterocycles. The van der Waals surface area contributed by atoms with E-state index in [2.05, 4.69) is 20.5 Å². The summed E-state index contributed by atoms with van der Waals surface area (Å²) < 4.78 is 5.03. The molecule has 170 valence electrons. The number of nitrogens with one attached hydrogen (secondary N) is 1. The lowest BCUT2D eigenvalue weighted by Gasteiger charge is -2.10. The van der Waals surface area contributed by atoms with Crippen LogP contribution in [0.2, 0.25) is 0 Å². The van der Waals surface area contributed by atoms with Crippen LogP contribution < -0.4 is 10.1 Å². The van der Waals surface area contributed by atoms with Gasteiger partial charge in [-0.1, -0.05) is 72.4 Å². The van der Waals surface area contributed by atoms with Crippen LogP contribution in [0.5, 0.6) is 5.75 Å². The number of amides is 1. The monoisotopic (exact) mass is 473 g/mol. The first kappa shape index (κ1) is 22.9. The van der Waals surface area contributed by atoms with Crippen molar-refractivity contribution in [3.63, 3.8) is 0 Å². The minimum absolute atomic E-state index is 0.0277. The number of nitro groups is 1. The number of carbonyl (C=O) groups is 1. The predicted molar refractivity (Wildman–Crippen MR) is 130 cm³/mol. The lowest BCUT2D eigenvalue weighted by molar-refractivity contribution is -0.385. The molecule has 0 aliphatic carbocycles. The summed E-state index contributed by atoms with van der Waals surface area (Å²) in [6, 6.07) is 23.4. The smallest absolute Gasteiger partial charge is 0.311 e. The lowest BCUT2D eigenvalue weighted by Crippen LogP contribution is -2.14. The maximum absolute atomic E-state index is 12.5. The fourth-order valence-electron chi connectivity index (χ4n) is 3.19. The van der Waals surface area contributed by atoms with Crippen LogP contribution >= 0.6 is 11.8 Å². The molecule has 0 fully saturated rings. The Kier molecular flexibility index (Phi) is 7.09. The van der Waals surface area contributed by atoms with Gasteiger partial charge in [0.2, 0.25) is 11.1 Å². The number of nitro benzene ring substituents is 1. The summed E-state index contributed by atoms with van der Waals surface area (Å²) in [5.74, 6) is -0.232. The van der Waals surface area contributed by atoms with Crippen molar-refractivity contribution in [2.24, 2.45) is 0 Å². The number of ether oxygens (including phenoxy) is 1. The number of aromatic nitrogens is 3. The highest BCUT2D eigenvalue weighted by atomic mass is 32.2. The number of methoxy groups -OCH3 is 1. The quantitative estimate of drug-likeness (QED) is 0.219. The minimum Gasteiger partial charge on any atom is -0.490 e. The van der Waals surface area contributed by atoms with Gasteiger partial charge in [-0.3, -0.25) is 14.9 Å². The van der Waals surface area contributed by atoms with Gasteiger partial charge in [0.05, 0.1) is 17.8 Å². The topological polar surface area (TPSA) is 120 Å². The molecule has 0 saturated carbocycles. The third kappa shape index (κ3) is 5.36. The Bertz CT molecular complexity index is 1320. The van der Waals surface area contributed by atoms with Crippen molar-refractivity contribution in [1.29, 1.82) is 0 Å². The number of nitrogens with zero attached hydrogens (tertiary/aromatic N) is 4. The summed E-state index contributed by atoms with van der Waals surface area (Å²) in [6.07, 6.45) is 0. The van der Waals surface area contributed by atoms with Crippen molar-refractivity contribution in [2.75, 3.05) is 18.2 Å². The zero-order valence-corrected chi connectivity index (χ0v) is 18.9.